The number of methoxy groups -OCH3 is 1. The van der Waals surface area contributed by atoms with Crippen LogP contribution in [0.25, 0.3) is 21.3 Å². The number of hydrogen-bond donors (Lipinski definition) is 0. The molecule has 0 N–H and O–H groups in total. The van der Waals surface area contributed by atoms with Crippen LogP contribution in [0.3, 0.4) is 0 Å². The fraction of sp³-hybridized carbons (Fsp3) is 0.0714. The van der Waals surface area contributed by atoms with Crippen LogP contribution >= 0.6 is 11.3 Å². The van der Waals surface area contributed by atoms with Crippen molar-refractivity contribution in [1.82, 2.24) is 4.98 Å². The lowest BCUT2D eigenvalue weighted by Gasteiger charge is -2.04. The number of thiazole rings is 1. The molecule has 0 amide bonds. The molecule has 0 fully saturated rings. The summed E-state index contributed by atoms with van der Waals surface area (Å²) in [5.41, 5.74) is 5.30. The highest BCUT2D eigenvalue weighted by Crippen LogP contribution is 2.30. The maximum absolute atomic E-state index is 5.16. The van der Waals surface area contributed by atoms with E-state index in [1.165, 1.54) is 15.8 Å². The second-order valence-electron chi connectivity index (χ2n) is 3.73. The summed E-state index contributed by atoms with van der Waals surface area (Å²) in [4.78, 5) is 4.42. The van der Waals surface area contributed by atoms with E-state index in [0.717, 1.165) is 11.3 Å². The molecule has 2 aromatic carbocycles. The number of nitrogens with zero attached hydrogens (tertiary/aromatic N) is 1. The molecular formula is C14H11NOS. The first-order valence-corrected chi connectivity index (χ1v) is 6.23. The summed E-state index contributed by atoms with van der Waals surface area (Å²) in [6, 6.07) is 14.3. The van der Waals surface area contributed by atoms with Crippen LogP contribution < -0.4 is 4.74 Å². The fourth-order valence-electron chi connectivity index (χ4n) is 1.89. The molecule has 0 unspecified atom stereocenters. The van der Waals surface area contributed by atoms with Gasteiger partial charge in [-0.3, -0.25) is 0 Å². The van der Waals surface area contributed by atoms with Gasteiger partial charge in [0.05, 0.1) is 22.8 Å². The van der Waals surface area contributed by atoms with Gasteiger partial charge in [0.1, 0.15) is 5.75 Å². The molecule has 0 aliphatic rings. The number of ether oxygens (including phenoxy) is 1. The van der Waals surface area contributed by atoms with Gasteiger partial charge in [-0.15, -0.1) is 11.3 Å². The molecule has 0 bridgehead atoms. The molecule has 0 atom stereocenters. The number of hydrogen-bond acceptors (Lipinski definition) is 3. The molecule has 0 spiro atoms. The first-order chi connectivity index (χ1) is 8.38. The molecule has 3 heteroatoms. The van der Waals surface area contributed by atoms with Crippen molar-refractivity contribution >= 4 is 21.6 Å². The minimum Gasteiger partial charge on any atom is -0.497 e. The molecule has 17 heavy (non-hydrogen) atoms. The average Bonchev–Trinajstić information content (AvgIpc) is 2.87. The highest BCUT2D eigenvalue weighted by molar-refractivity contribution is 7.16. The molecule has 1 heterocycles. The van der Waals surface area contributed by atoms with Gasteiger partial charge >= 0.3 is 0 Å². The fourth-order valence-corrected chi connectivity index (χ4v) is 2.59. The van der Waals surface area contributed by atoms with Crippen molar-refractivity contribution in [3.63, 3.8) is 0 Å². The van der Waals surface area contributed by atoms with Crippen LogP contribution in [0.4, 0.5) is 0 Å². The summed E-state index contributed by atoms with van der Waals surface area (Å²) in [7, 11) is 1.68. The van der Waals surface area contributed by atoms with E-state index in [9.17, 15) is 0 Å². The highest BCUT2D eigenvalue weighted by atomic mass is 32.1. The Hall–Kier alpha value is -1.87. The zero-order valence-electron chi connectivity index (χ0n) is 9.38. The van der Waals surface area contributed by atoms with E-state index in [4.69, 9.17) is 4.74 Å². The number of rotatable bonds is 2. The Morgan fingerprint density at radius 3 is 2.65 bits per heavy atom. The summed E-state index contributed by atoms with van der Waals surface area (Å²) in [6.07, 6.45) is 0. The van der Waals surface area contributed by atoms with Crippen molar-refractivity contribution in [2.75, 3.05) is 7.11 Å². The normalized spacial score (nSPS) is 10.6. The molecule has 0 saturated heterocycles. The van der Waals surface area contributed by atoms with E-state index in [-0.39, 0.29) is 0 Å². The third kappa shape index (κ3) is 1.78. The Morgan fingerprint density at radius 1 is 1.06 bits per heavy atom. The van der Waals surface area contributed by atoms with E-state index in [2.05, 4.69) is 35.3 Å². The Balaban J connectivity index is 2.16. The largest absolute Gasteiger partial charge is 0.497 e. The first kappa shape index (κ1) is 10.3. The van der Waals surface area contributed by atoms with Gasteiger partial charge < -0.3 is 4.74 Å². The van der Waals surface area contributed by atoms with Crippen molar-refractivity contribution in [2.45, 2.75) is 0 Å². The van der Waals surface area contributed by atoms with Gasteiger partial charge in [-0.25, -0.2) is 4.98 Å². The lowest BCUT2D eigenvalue weighted by molar-refractivity contribution is 0.415. The maximum atomic E-state index is 5.16. The zero-order valence-corrected chi connectivity index (χ0v) is 10.2. The lowest BCUT2D eigenvalue weighted by atomic mass is 10.0. The number of para-hydroxylation sites is 1. The third-order valence-corrected chi connectivity index (χ3v) is 3.56. The Morgan fingerprint density at radius 2 is 1.88 bits per heavy atom. The molecule has 0 aliphatic carbocycles. The Kier molecular flexibility index (Phi) is 2.53. The van der Waals surface area contributed by atoms with Crippen molar-refractivity contribution in [3.05, 3.63) is 48.0 Å². The second kappa shape index (κ2) is 4.18. The summed E-state index contributed by atoms with van der Waals surface area (Å²) >= 11 is 1.67. The summed E-state index contributed by atoms with van der Waals surface area (Å²) in [5.74, 6) is 0.874. The van der Waals surface area contributed by atoms with Crippen molar-refractivity contribution in [3.8, 4) is 16.9 Å². The monoisotopic (exact) mass is 241 g/mol. The SMILES string of the molecule is COc1ccc(-c2cccc3scnc23)cc1. The average molecular weight is 241 g/mol. The van der Waals surface area contributed by atoms with Gasteiger partial charge in [0.15, 0.2) is 0 Å². The standard InChI is InChI=1S/C14H11NOS/c1-16-11-7-5-10(6-8-11)12-3-2-4-13-14(12)15-9-17-13/h2-9H,1H3. The van der Waals surface area contributed by atoms with E-state index in [1.54, 1.807) is 18.4 Å². The van der Waals surface area contributed by atoms with Crippen molar-refractivity contribution in [1.29, 1.82) is 0 Å². The number of fused-ring (bicyclic) bond motifs is 1. The van der Waals surface area contributed by atoms with E-state index >= 15 is 0 Å². The second-order valence-corrected chi connectivity index (χ2v) is 4.62. The Labute approximate surface area is 104 Å². The molecule has 0 aliphatic heterocycles. The highest BCUT2D eigenvalue weighted by Gasteiger charge is 2.05. The number of aromatic nitrogens is 1. The topological polar surface area (TPSA) is 22.1 Å². The van der Waals surface area contributed by atoms with Crippen LogP contribution in [0.15, 0.2) is 48.0 Å². The van der Waals surface area contributed by atoms with Crippen LogP contribution in [-0.2, 0) is 0 Å². The quantitative estimate of drug-likeness (QED) is 0.677. The van der Waals surface area contributed by atoms with E-state index < -0.39 is 0 Å². The molecular weight excluding hydrogens is 230 g/mol. The van der Waals surface area contributed by atoms with Crippen molar-refractivity contribution in [2.24, 2.45) is 0 Å². The molecule has 84 valence electrons. The van der Waals surface area contributed by atoms with Crippen molar-refractivity contribution < 1.29 is 4.74 Å². The minimum absolute atomic E-state index is 0.874. The molecule has 1 aromatic heterocycles. The smallest absolute Gasteiger partial charge is 0.118 e. The van der Waals surface area contributed by atoms with Gasteiger partial charge in [0, 0.05) is 5.56 Å². The molecule has 2 nitrogen and oxygen atoms in total. The van der Waals surface area contributed by atoms with E-state index in [0.29, 0.717) is 0 Å². The van der Waals surface area contributed by atoms with Gasteiger partial charge in [0.2, 0.25) is 0 Å². The molecule has 3 rings (SSSR count). The number of benzene rings is 2. The van der Waals surface area contributed by atoms with E-state index in [1.807, 2.05) is 17.6 Å². The lowest BCUT2D eigenvalue weighted by Crippen LogP contribution is -1.83. The minimum atomic E-state index is 0.874. The predicted molar refractivity (Wildman–Crippen MR) is 71.6 cm³/mol. The van der Waals surface area contributed by atoms with Crippen LogP contribution in [0.2, 0.25) is 0 Å². The molecule has 3 aromatic rings. The van der Waals surface area contributed by atoms with Crippen LogP contribution in [0.1, 0.15) is 0 Å². The Bertz CT molecular complexity index is 643. The van der Waals surface area contributed by atoms with Crippen LogP contribution in [0.5, 0.6) is 5.75 Å². The van der Waals surface area contributed by atoms with Gasteiger partial charge in [-0.2, -0.15) is 0 Å². The van der Waals surface area contributed by atoms with Gasteiger partial charge in [-0.05, 0) is 23.8 Å². The predicted octanol–water partition coefficient (Wildman–Crippen LogP) is 3.97. The van der Waals surface area contributed by atoms with Gasteiger partial charge in [0.25, 0.3) is 0 Å². The third-order valence-electron chi connectivity index (χ3n) is 2.76. The summed E-state index contributed by atoms with van der Waals surface area (Å²) in [6.45, 7) is 0. The molecule has 0 radical (unpaired) electrons. The van der Waals surface area contributed by atoms with Gasteiger partial charge in [-0.1, -0.05) is 24.3 Å². The van der Waals surface area contributed by atoms with Crippen LogP contribution in [0, 0.1) is 0 Å². The summed E-state index contributed by atoms with van der Waals surface area (Å²) < 4.78 is 6.38. The zero-order chi connectivity index (χ0) is 11.7. The maximum Gasteiger partial charge on any atom is 0.118 e. The summed E-state index contributed by atoms with van der Waals surface area (Å²) in [5, 5.41) is 0. The first-order valence-electron chi connectivity index (χ1n) is 5.35. The molecule has 0 saturated carbocycles. The van der Waals surface area contributed by atoms with Crippen LogP contribution in [-0.4, -0.2) is 12.1 Å².